The minimum Gasteiger partial charge on any atom is -0.370 e. The molecule has 0 saturated heterocycles. The van der Waals surface area contributed by atoms with E-state index in [-0.39, 0.29) is 0 Å². The average molecular weight is 268 g/mol. The van der Waals surface area contributed by atoms with Gasteiger partial charge in [-0.1, -0.05) is 13.8 Å². The van der Waals surface area contributed by atoms with E-state index in [1.54, 1.807) is 6.33 Å². The summed E-state index contributed by atoms with van der Waals surface area (Å²) >= 11 is 1.84. The summed E-state index contributed by atoms with van der Waals surface area (Å²) in [7, 11) is 0. The van der Waals surface area contributed by atoms with Crippen LogP contribution in [-0.2, 0) is 0 Å². The number of hydrogen-bond donors (Lipinski definition) is 2. The monoisotopic (exact) mass is 268 g/mol. The number of anilines is 2. The summed E-state index contributed by atoms with van der Waals surface area (Å²) in [5.74, 6) is 3.36. The second-order valence-corrected chi connectivity index (χ2v) is 5.58. The van der Waals surface area contributed by atoms with Crippen molar-refractivity contribution in [1.82, 2.24) is 9.97 Å². The summed E-state index contributed by atoms with van der Waals surface area (Å²) in [6.07, 6.45) is 3.74. The summed E-state index contributed by atoms with van der Waals surface area (Å²) in [4.78, 5) is 8.73. The Labute approximate surface area is 114 Å². The maximum Gasteiger partial charge on any atom is 0.135 e. The van der Waals surface area contributed by atoms with Gasteiger partial charge in [0.2, 0.25) is 0 Å². The third-order valence-electron chi connectivity index (χ3n) is 2.61. The van der Waals surface area contributed by atoms with Gasteiger partial charge in [-0.15, -0.1) is 0 Å². The molecule has 102 valence electrons. The van der Waals surface area contributed by atoms with Gasteiger partial charge in [-0.05, 0) is 26.0 Å². The van der Waals surface area contributed by atoms with Crippen molar-refractivity contribution in [3.63, 3.8) is 0 Å². The molecule has 0 aliphatic carbocycles. The van der Waals surface area contributed by atoms with E-state index >= 15 is 0 Å². The van der Waals surface area contributed by atoms with Crippen LogP contribution >= 0.6 is 11.8 Å². The molecular formula is C13H24N4S. The zero-order valence-corrected chi connectivity index (χ0v) is 12.8. The van der Waals surface area contributed by atoms with E-state index < -0.39 is 0 Å². The van der Waals surface area contributed by atoms with E-state index in [9.17, 15) is 0 Å². The van der Waals surface area contributed by atoms with Crippen molar-refractivity contribution in [2.75, 3.05) is 29.2 Å². The van der Waals surface area contributed by atoms with Crippen LogP contribution in [0.1, 0.15) is 39.2 Å². The molecule has 1 atom stereocenters. The Bertz CT molecular complexity index is 368. The van der Waals surface area contributed by atoms with Crippen molar-refractivity contribution in [2.45, 2.75) is 39.7 Å². The first kappa shape index (κ1) is 15.1. The van der Waals surface area contributed by atoms with Crippen LogP contribution in [0, 0.1) is 0 Å². The van der Waals surface area contributed by atoms with Crippen LogP contribution in [0.15, 0.2) is 6.33 Å². The Morgan fingerprint density at radius 2 is 1.89 bits per heavy atom. The molecule has 18 heavy (non-hydrogen) atoms. The molecule has 0 bridgehead atoms. The highest BCUT2D eigenvalue weighted by atomic mass is 32.2. The van der Waals surface area contributed by atoms with Gasteiger partial charge in [0.05, 0.1) is 0 Å². The fraction of sp³-hybridized carbons (Fsp3) is 0.692. The predicted molar refractivity (Wildman–Crippen MR) is 81.8 cm³/mol. The van der Waals surface area contributed by atoms with Crippen molar-refractivity contribution in [3.05, 3.63) is 11.9 Å². The molecule has 0 spiro atoms. The number of aromatic nitrogens is 2. The minimum absolute atomic E-state index is 0.393. The molecule has 0 aromatic carbocycles. The summed E-state index contributed by atoms with van der Waals surface area (Å²) in [5, 5.41) is 6.79. The molecule has 0 aliphatic rings. The lowest BCUT2D eigenvalue weighted by atomic mass is 10.0. The van der Waals surface area contributed by atoms with Gasteiger partial charge >= 0.3 is 0 Å². The standard InChI is InChI=1S/C13H24N4S/c1-6-14-12-11(9(2)3)13(16-8-15-12)17-10(4)7-18-5/h8-10H,6-7H2,1-5H3,(H2,14,15,16,17). The molecule has 5 heteroatoms. The molecule has 0 aliphatic heterocycles. The number of nitrogens with zero attached hydrogens (tertiary/aromatic N) is 2. The zero-order chi connectivity index (χ0) is 13.5. The fourth-order valence-corrected chi connectivity index (χ4v) is 2.47. The van der Waals surface area contributed by atoms with Crippen molar-refractivity contribution < 1.29 is 0 Å². The molecule has 4 nitrogen and oxygen atoms in total. The minimum atomic E-state index is 0.393. The second kappa shape index (κ2) is 7.46. The van der Waals surface area contributed by atoms with Gasteiger partial charge in [0.25, 0.3) is 0 Å². The Kier molecular flexibility index (Phi) is 6.25. The number of rotatable bonds is 7. The van der Waals surface area contributed by atoms with Crippen molar-refractivity contribution >= 4 is 23.4 Å². The highest BCUT2D eigenvalue weighted by Gasteiger charge is 2.15. The first-order chi connectivity index (χ1) is 8.60. The van der Waals surface area contributed by atoms with Crippen LogP contribution in [0.25, 0.3) is 0 Å². The number of thioether (sulfide) groups is 1. The van der Waals surface area contributed by atoms with E-state index in [1.807, 2.05) is 11.8 Å². The molecule has 1 rings (SSSR count). The highest BCUT2D eigenvalue weighted by Crippen LogP contribution is 2.28. The summed E-state index contributed by atoms with van der Waals surface area (Å²) in [5.41, 5.74) is 1.17. The fourth-order valence-electron chi connectivity index (χ4n) is 1.89. The maximum atomic E-state index is 4.39. The maximum absolute atomic E-state index is 4.39. The predicted octanol–water partition coefficient (Wildman–Crippen LogP) is 3.20. The lowest BCUT2D eigenvalue weighted by molar-refractivity contribution is 0.827. The number of hydrogen-bond acceptors (Lipinski definition) is 5. The summed E-state index contributed by atoms with van der Waals surface area (Å²) in [6.45, 7) is 9.47. The van der Waals surface area contributed by atoms with Crippen LogP contribution in [0.2, 0.25) is 0 Å². The largest absolute Gasteiger partial charge is 0.370 e. The van der Waals surface area contributed by atoms with Crippen LogP contribution in [0.4, 0.5) is 11.6 Å². The average Bonchev–Trinajstić information content (AvgIpc) is 2.29. The molecule has 0 fully saturated rings. The first-order valence-corrected chi connectivity index (χ1v) is 7.83. The Morgan fingerprint density at radius 3 is 2.44 bits per heavy atom. The SMILES string of the molecule is CCNc1ncnc(NC(C)CSC)c1C(C)C. The molecule has 2 N–H and O–H groups in total. The second-order valence-electron chi connectivity index (χ2n) is 4.67. The topological polar surface area (TPSA) is 49.8 Å². The van der Waals surface area contributed by atoms with Crippen LogP contribution in [0.3, 0.4) is 0 Å². The molecule has 1 heterocycles. The smallest absolute Gasteiger partial charge is 0.135 e. The van der Waals surface area contributed by atoms with Crippen molar-refractivity contribution in [1.29, 1.82) is 0 Å². The van der Waals surface area contributed by atoms with Gasteiger partial charge in [0.1, 0.15) is 18.0 Å². The summed E-state index contributed by atoms with van der Waals surface area (Å²) in [6, 6.07) is 0.405. The van der Waals surface area contributed by atoms with E-state index in [2.05, 4.69) is 54.6 Å². The van der Waals surface area contributed by atoms with E-state index in [4.69, 9.17) is 0 Å². The Morgan fingerprint density at radius 1 is 1.22 bits per heavy atom. The lowest BCUT2D eigenvalue weighted by Crippen LogP contribution is -2.21. The molecule has 1 aromatic rings. The molecule has 1 aromatic heterocycles. The Hall–Kier alpha value is -0.970. The summed E-state index contributed by atoms with van der Waals surface area (Å²) < 4.78 is 0. The van der Waals surface area contributed by atoms with Crippen molar-refractivity contribution in [2.24, 2.45) is 0 Å². The normalized spacial score (nSPS) is 12.6. The van der Waals surface area contributed by atoms with Crippen LogP contribution in [0.5, 0.6) is 0 Å². The Balaban J connectivity index is 2.98. The number of nitrogens with one attached hydrogen (secondary N) is 2. The van der Waals surface area contributed by atoms with E-state index in [0.717, 1.165) is 23.9 Å². The van der Waals surface area contributed by atoms with Gasteiger partial charge in [-0.25, -0.2) is 9.97 Å². The molecule has 0 radical (unpaired) electrons. The van der Waals surface area contributed by atoms with Crippen molar-refractivity contribution in [3.8, 4) is 0 Å². The molecule has 1 unspecified atom stereocenters. The molecular weight excluding hydrogens is 244 g/mol. The van der Waals surface area contributed by atoms with Crippen LogP contribution in [-0.4, -0.2) is 34.6 Å². The van der Waals surface area contributed by atoms with E-state index in [0.29, 0.717) is 12.0 Å². The van der Waals surface area contributed by atoms with Gasteiger partial charge in [-0.2, -0.15) is 11.8 Å². The van der Waals surface area contributed by atoms with Gasteiger partial charge in [0.15, 0.2) is 0 Å². The van der Waals surface area contributed by atoms with E-state index in [1.165, 1.54) is 5.56 Å². The highest BCUT2D eigenvalue weighted by molar-refractivity contribution is 7.98. The lowest BCUT2D eigenvalue weighted by Gasteiger charge is -2.20. The van der Waals surface area contributed by atoms with Gasteiger partial charge in [0, 0.05) is 23.9 Å². The zero-order valence-electron chi connectivity index (χ0n) is 11.9. The third kappa shape index (κ3) is 4.05. The van der Waals surface area contributed by atoms with Gasteiger partial charge < -0.3 is 10.6 Å². The first-order valence-electron chi connectivity index (χ1n) is 6.44. The van der Waals surface area contributed by atoms with Crippen LogP contribution < -0.4 is 10.6 Å². The quantitative estimate of drug-likeness (QED) is 0.795. The molecule has 0 saturated carbocycles. The molecule has 0 amide bonds. The van der Waals surface area contributed by atoms with Gasteiger partial charge in [-0.3, -0.25) is 0 Å². The third-order valence-corrected chi connectivity index (χ3v) is 3.44.